The Morgan fingerprint density at radius 1 is 1.00 bits per heavy atom. The van der Waals surface area contributed by atoms with Crippen LogP contribution in [0.1, 0.15) is 0 Å². The SMILES string of the molecule is [Na+].p1pp[p-]p1. The maximum absolute atomic E-state index is 1.61. The molecule has 0 amide bonds. The minimum Gasteiger partial charge on any atom is -0.239 e. The van der Waals surface area contributed by atoms with Gasteiger partial charge in [0.05, 0.1) is 0 Å². The van der Waals surface area contributed by atoms with Gasteiger partial charge in [-0.2, -0.15) is 22.6 Å². The third-order valence-electron chi connectivity index (χ3n) is 0.200. The molecule has 0 saturated heterocycles. The van der Waals surface area contributed by atoms with Gasteiger partial charge in [0.1, 0.15) is 0 Å². The maximum atomic E-state index is 1.61. The molecule has 1 aromatic rings. The fraction of sp³-hybridized carbons (Fsp3) is 0. The fourth-order valence-corrected chi connectivity index (χ4v) is 21.7. The van der Waals surface area contributed by atoms with Crippen LogP contribution in [0, 0.1) is 0 Å². The number of hydrogen-bond acceptors (Lipinski definition) is 0. The van der Waals surface area contributed by atoms with E-state index in [1.54, 1.807) is 37.7 Å². The standard InChI is InChI=1S/Na.P5/c;1-2-4-5-3-1/q+1;-1. The van der Waals surface area contributed by atoms with Crippen LogP contribution in [-0.2, 0) is 0 Å². The van der Waals surface area contributed by atoms with Crippen molar-refractivity contribution in [2.75, 3.05) is 0 Å². The largest absolute Gasteiger partial charge is 1.00 e. The molecule has 0 aliphatic rings. The zero-order valence-corrected chi connectivity index (χ0v) is 9.71. The van der Waals surface area contributed by atoms with E-state index in [0.717, 1.165) is 0 Å². The second-order valence-corrected chi connectivity index (χ2v) is 12.1. The summed E-state index contributed by atoms with van der Waals surface area (Å²) in [7, 11) is 8.06. The first-order valence-electron chi connectivity index (χ1n) is 1.000. The van der Waals surface area contributed by atoms with Gasteiger partial charge in [0.2, 0.25) is 0 Å². The second-order valence-electron chi connectivity index (χ2n) is 0.447. The van der Waals surface area contributed by atoms with E-state index in [1.165, 1.54) is 0 Å². The quantitative estimate of drug-likeness (QED) is 0.525. The summed E-state index contributed by atoms with van der Waals surface area (Å²) in [6.07, 6.45) is 0. The first-order chi connectivity index (χ1) is 2.50. The van der Waals surface area contributed by atoms with Crippen LogP contribution in [0.25, 0.3) is 0 Å². The van der Waals surface area contributed by atoms with Gasteiger partial charge < -0.3 is 0 Å². The summed E-state index contributed by atoms with van der Waals surface area (Å²) < 4.78 is 0. The first-order valence-corrected chi connectivity index (χ1v) is 9.00. The topological polar surface area (TPSA) is 0 Å². The van der Waals surface area contributed by atoms with Gasteiger partial charge in [-0.15, -0.1) is 0 Å². The van der Waals surface area contributed by atoms with Gasteiger partial charge in [-0.3, -0.25) is 0 Å². The Kier molecular flexibility index (Phi) is 7.98. The van der Waals surface area contributed by atoms with Crippen LogP contribution in [0.4, 0.5) is 0 Å². The summed E-state index contributed by atoms with van der Waals surface area (Å²) in [6.45, 7) is 0. The monoisotopic (exact) mass is 178 g/mol. The van der Waals surface area contributed by atoms with E-state index < -0.39 is 0 Å². The van der Waals surface area contributed by atoms with Crippen molar-refractivity contribution in [2.45, 2.75) is 0 Å². The third kappa shape index (κ3) is 3.50. The van der Waals surface area contributed by atoms with E-state index in [0.29, 0.717) is 0 Å². The van der Waals surface area contributed by atoms with Crippen molar-refractivity contribution >= 4 is 37.7 Å². The molecule has 1 heterocycles. The minimum atomic E-state index is 0. The van der Waals surface area contributed by atoms with Gasteiger partial charge in [0.25, 0.3) is 0 Å². The molecule has 0 spiro atoms. The van der Waals surface area contributed by atoms with Crippen molar-refractivity contribution in [3.05, 3.63) is 0 Å². The van der Waals surface area contributed by atoms with Crippen LogP contribution in [0.3, 0.4) is 0 Å². The molecule has 0 bridgehead atoms. The van der Waals surface area contributed by atoms with E-state index in [9.17, 15) is 0 Å². The third-order valence-corrected chi connectivity index (χ3v) is 16.2. The van der Waals surface area contributed by atoms with Crippen molar-refractivity contribution in [3.63, 3.8) is 0 Å². The summed E-state index contributed by atoms with van der Waals surface area (Å²) >= 11 is 0. The average Bonchev–Trinajstić information content (AvgIpc) is 1.76. The zero-order valence-electron chi connectivity index (χ0n) is 3.24. The van der Waals surface area contributed by atoms with Crippen LogP contribution >= 0.6 is 37.7 Å². The van der Waals surface area contributed by atoms with Gasteiger partial charge in [-0.1, -0.05) is 0 Å². The smallest absolute Gasteiger partial charge is 0.239 e. The second kappa shape index (κ2) is 5.63. The first kappa shape index (κ1) is 8.50. The average molecular weight is 178 g/mol. The van der Waals surface area contributed by atoms with Crippen molar-refractivity contribution < 1.29 is 29.6 Å². The van der Waals surface area contributed by atoms with Gasteiger partial charge >= 0.3 is 29.6 Å². The molecule has 0 aromatic carbocycles. The molecule has 0 N–H and O–H groups in total. The molecule has 0 aliphatic heterocycles. The summed E-state index contributed by atoms with van der Waals surface area (Å²) in [5, 5.41) is 0. The van der Waals surface area contributed by atoms with E-state index in [2.05, 4.69) is 0 Å². The Hall–Kier alpha value is 2.50. The molecule has 1 aromatic heterocycles. The van der Waals surface area contributed by atoms with Gasteiger partial charge in [0, 0.05) is 0 Å². The predicted octanol–water partition coefficient (Wildman–Crippen LogP) is 1.31. The molecule has 26 valence electrons. The van der Waals surface area contributed by atoms with Gasteiger partial charge in [-0.05, 0) is 0 Å². The Morgan fingerprint density at radius 3 is 1.67 bits per heavy atom. The van der Waals surface area contributed by atoms with E-state index in [1.807, 2.05) is 0 Å². The van der Waals surface area contributed by atoms with E-state index >= 15 is 0 Å². The van der Waals surface area contributed by atoms with Gasteiger partial charge in [0.15, 0.2) is 0 Å². The molecular formula is NaP5. The Morgan fingerprint density at radius 2 is 1.50 bits per heavy atom. The summed E-state index contributed by atoms with van der Waals surface area (Å²) in [5.74, 6) is 0. The van der Waals surface area contributed by atoms with Crippen molar-refractivity contribution in [1.29, 1.82) is 0 Å². The normalized spacial score (nSPS) is 13.3. The summed E-state index contributed by atoms with van der Waals surface area (Å²) in [5.41, 5.74) is 0. The number of rotatable bonds is 0. The van der Waals surface area contributed by atoms with E-state index in [4.69, 9.17) is 0 Å². The predicted molar refractivity (Wildman–Crippen MR) is 34.6 cm³/mol. The van der Waals surface area contributed by atoms with E-state index in [-0.39, 0.29) is 29.6 Å². The van der Waals surface area contributed by atoms with Crippen molar-refractivity contribution in [1.82, 2.24) is 0 Å². The zero-order chi connectivity index (χ0) is 3.54. The van der Waals surface area contributed by atoms with Crippen molar-refractivity contribution in [3.8, 4) is 0 Å². The molecule has 0 unspecified atom stereocenters. The molecule has 6 heavy (non-hydrogen) atoms. The molecule has 0 nitrogen and oxygen atoms in total. The van der Waals surface area contributed by atoms with Crippen LogP contribution in [0.5, 0.6) is 0 Å². The van der Waals surface area contributed by atoms with Crippen LogP contribution in [-0.4, -0.2) is 0 Å². The van der Waals surface area contributed by atoms with Gasteiger partial charge in [-0.25, -0.2) is 15.1 Å². The molecule has 0 saturated carbocycles. The molecule has 0 radical (unpaired) electrons. The molecule has 0 atom stereocenters. The van der Waals surface area contributed by atoms with Crippen molar-refractivity contribution in [2.24, 2.45) is 0 Å². The molecule has 1 rings (SSSR count). The Bertz CT molecular complexity index is 60.4. The van der Waals surface area contributed by atoms with Crippen LogP contribution in [0.2, 0.25) is 0 Å². The fourth-order valence-electron chi connectivity index (χ4n) is 0.0894. The van der Waals surface area contributed by atoms with Crippen LogP contribution < -0.4 is 29.6 Å². The van der Waals surface area contributed by atoms with Crippen LogP contribution in [0.15, 0.2) is 0 Å². The molecule has 0 aliphatic carbocycles. The number of hydrogen-bond donors (Lipinski definition) is 0. The summed E-state index contributed by atoms with van der Waals surface area (Å²) in [4.78, 5) is 0. The summed E-state index contributed by atoms with van der Waals surface area (Å²) in [6, 6.07) is 0. The minimum absolute atomic E-state index is 0. The maximum Gasteiger partial charge on any atom is 1.00 e. The Labute approximate surface area is 66.8 Å². The molecule has 0 fully saturated rings. The molecule has 6 heteroatoms. The molecular weight excluding hydrogens is 178 g/mol. The Balaban J connectivity index is 0.000000250.